The molecule has 0 unspecified atom stereocenters. The van der Waals surface area contributed by atoms with Crippen LogP contribution in [0.3, 0.4) is 0 Å². The van der Waals surface area contributed by atoms with E-state index in [1.807, 2.05) is 18.2 Å². The Bertz CT molecular complexity index is 1430. The largest absolute Gasteiger partial charge is 0.508 e. The zero-order valence-corrected chi connectivity index (χ0v) is 19.0. The summed E-state index contributed by atoms with van der Waals surface area (Å²) >= 11 is 0. The second kappa shape index (κ2) is 8.76. The second-order valence-electron chi connectivity index (χ2n) is 8.21. The van der Waals surface area contributed by atoms with Crippen LogP contribution in [0.5, 0.6) is 23.0 Å². The van der Waals surface area contributed by atoms with E-state index in [2.05, 4.69) is 6.07 Å². The Morgan fingerprint density at radius 3 is 2.59 bits per heavy atom. The van der Waals surface area contributed by atoms with Crippen molar-refractivity contribution >= 4 is 27.5 Å². The first-order chi connectivity index (χ1) is 16.5. The van der Waals surface area contributed by atoms with Crippen molar-refractivity contribution in [2.75, 3.05) is 21.0 Å². The molecule has 1 aliphatic heterocycles. The van der Waals surface area contributed by atoms with Crippen molar-refractivity contribution in [1.29, 1.82) is 0 Å². The third-order valence-corrected chi connectivity index (χ3v) is 6.37. The van der Waals surface area contributed by atoms with Gasteiger partial charge in [0.15, 0.2) is 18.3 Å². The molecule has 0 bridgehead atoms. The van der Waals surface area contributed by atoms with Gasteiger partial charge in [0.2, 0.25) is 5.91 Å². The maximum Gasteiger partial charge on any atom is 0.249 e. The highest BCUT2D eigenvalue weighted by molar-refractivity contribution is 6.18. The zero-order chi connectivity index (χ0) is 23.8. The summed E-state index contributed by atoms with van der Waals surface area (Å²) in [4.78, 5) is 12.3. The zero-order valence-electron chi connectivity index (χ0n) is 19.0. The maximum absolute atomic E-state index is 12.3. The third kappa shape index (κ3) is 3.64. The molecule has 0 radical (unpaired) electrons. The van der Waals surface area contributed by atoms with Crippen LogP contribution in [-0.4, -0.2) is 32.0 Å². The van der Waals surface area contributed by atoms with Crippen molar-refractivity contribution < 1.29 is 28.8 Å². The number of carbonyl (C=O) groups excluding carboxylic acids is 1. The molecule has 0 aliphatic carbocycles. The highest BCUT2D eigenvalue weighted by Crippen LogP contribution is 2.42. The minimum Gasteiger partial charge on any atom is -0.508 e. The minimum absolute atomic E-state index is 0.0997. The van der Waals surface area contributed by atoms with E-state index in [4.69, 9.17) is 24.7 Å². The second-order valence-corrected chi connectivity index (χ2v) is 8.21. The minimum atomic E-state index is -0.537. The number of hydrogen-bond donors (Lipinski definition) is 2. The Morgan fingerprint density at radius 2 is 1.82 bits per heavy atom. The van der Waals surface area contributed by atoms with Crippen LogP contribution in [-0.2, 0) is 24.2 Å². The smallest absolute Gasteiger partial charge is 0.249 e. The molecule has 0 atom stereocenters. The van der Waals surface area contributed by atoms with Gasteiger partial charge in [-0.1, -0.05) is 12.1 Å². The summed E-state index contributed by atoms with van der Waals surface area (Å²) in [6, 6.07) is 14.6. The number of rotatable bonds is 6. The molecule has 3 N–H and O–H groups in total. The van der Waals surface area contributed by atoms with Gasteiger partial charge in [-0.05, 0) is 76.3 Å². The van der Waals surface area contributed by atoms with Gasteiger partial charge in [-0.2, -0.15) is 0 Å². The number of methoxy groups -OCH3 is 2. The van der Waals surface area contributed by atoms with Crippen LogP contribution < -0.4 is 19.9 Å². The summed E-state index contributed by atoms with van der Waals surface area (Å²) in [5.74, 6) is 1.57. The summed E-state index contributed by atoms with van der Waals surface area (Å²) in [5, 5.41) is 13.2. The van der Waals surface area contributed by atoms with Crippen LogP contribution in [0.2, 0.25) is 0 Å². The van der Waals surface area contributed by atoms with Gasteiger partial charge in [0.05, 0.1) is 20.8 Å². The van der Waals surface area contributed by atoms with E-state index in [-0.39, 0.29) is 12.5 Å². The molecule has 0 aromatic heterocycles. The molecule has 0 fully saturated rings. The standard InChI is InChI=1S/C27H25NO6/c1-31-25-12-21-19-10-16(29)7-9-17(19)22(27(28)30)11-20(21)18(26(25)32-2)8-6-15-4-3-5-24-23(15)13-33-14-34-24/h3-5,7,9-12,29H,6,8,13-14H2,1-2H3,(H2,28,30). The lowest BCUT2D eigenvalue weighted by Gasteiger charge is -2.21. The molecule has 0 saturated carbocycles. The van der Waals surface area contributed by atoms with E-state index < -0.39 is 5.91 Å². The lowest BCUT2D eigenvalue weighted by Crippen LogP contribution is -2.13. The van der Waals surface area contributed by atoms with E-state index in [1.54, 1.807) is 38.5 Å². The van der Waals surface area contributed by atoms with E-state index in [0.29, 0.717) is 47.3 Å². The summed E-state index contributed by atoms with van der Waals surface area (Å²) in [5.41, 5.74) is 9.16. The number of phenols is 1. The monoisotopic (exact) mass is 459 g/mol. The predicted molar refractivity (Wildman–Crippen MR) is 129 cm³/mol. The van der Waals surface area contributed by atoms with Gasteiger partial charge < -0.3 is 29.8 Å². The maximum atomic E-state index is 12.3. The number of aryl methyl sites for hydroxylation is 2. The Kier molecular flexibility index (Phi) is 5.63. The third-order valence-electron chi connectivity index (χ3n) is 6.37. The van der Waals surface area contributed by atoms with Gasteiger partial charge in [0.25, 0.3) is 0 Å². The van der Waals surface area contributed by atoms with Crippen LogP contribution in [0.1, 0.15) is 27.0 Å². The number of amides is 1. The molecule has 4 aromatic carbocycles. The van der Waals surface area contributed by atoms with Gasteiger partial charge >= 0.3 is 0 Å². The quantitative estimate of drug-likeness (QED) is 0.413. The molecule has 7 nitrogen and oxygen atoms in total. The fourth-order valence-corrected chi connectivity index (χ4v) is 4.79. The molecule has 7 heteroatoms. The van der Waals surface area contributed by atoms with Gasteiger partial charge in [0, 0.05) is 16.7 Å². The van der Waals surface area contributed by atoms with E-state index >= 15 is 0 Å². The average Bonchev–Trinajstić information content (AvgIpc) is 2.85. The molecule has 4 aromatic rings. The first-order valence-electron chi connectivity index (χ1n) is 11.0. The van der Waals surface area contributed by atoms with Crippen molar-refractivity contribution in [2.24, 2.45) is 5.73 Å². The Hall–Kier alpha value is -3.97. The topological polar surface area (TPSA) is 100 Å². The number of primary amides is 1. The van der Waals surface area contributed by atoms with Crippen molar-refractivity contribution in [2.45, 2.75) is 19.4 Å². The normalized spacial score (nSPS) is 12.9. The molecular weight excluding hydrogens is 434 g/mol. The van der Waals surface area contributed by atoms with Gasteiger partial charge in [-0.25, -0.2) is 0 Å². The first-order valence-corrected chi connectivity index (χ1v) is 11.0. The molecule has 174 valence electrons. The molecule has 1 aliphatic rings. The summed E-state index contributed by atoms with van der Waals surface area (Å²) < 4.78 is 22.6. The lowest BCUT2D eigenvalue weighted by atomic mass is 9.90. The number of nitrogens with two attached hydrogens (primary N) is 1. The van der Waals surface area contributed by atoms with Crippen LogP contribution in [0, 0.1) is 0 Å². The number of ether oxygens (including phenoxy) is 4. The Balaban J connectivity index is 1.73. The molecular formula is C27H25NO6. The Morgan fingerprint density at radius 1 is 1.00 bits per heavy atom. The molecule has 1 amide bonds. The lowest BCUT2D eigenvalue weighted by molar-refractivity contribution is -0.0168. The number of aromatic hydroxyl groups is 1. The van der Waals surface area contributed by atoms with Gasteiger partial charge in [-0.3, -0.25) is 4.79 Å². The van der Waals surface area contributed by atoms with Crippen molar-refractivity contribution in [3.8, 4) is 23.0 Å². The summed E-state index contributed by atoms with van der Waals surface area (Å²) in [7, 11) is 3.19. The van der Waals surface area contributed by atoms with Crippen LogP contribution in [0.4, 0.5) is 0 Å². The summed E-state index contributed by atoms with van der Waals surface area (Å²) in [6.07, 6.45) is 1.30. The molecule has 1 heterocycles. The number of phenolic OH excluding ortho intramolecular Hbond substituents is 1. The van der Waals surface area contributed by atoms with E-state index in [0.717, 1.165) is 33.2 Å². The predicted octanol–water partition coefficient (Wildman–Crippen LogP) is 4.47. The Labute approximate surface area is 196 Å². The van der Waals surface area contributed by atoms with Gasteiger partial charge in [-0.15, -0.1) is 0 Å². The highest BCUT2D eigenvalue weighted by Gasteiger charge is 2.21. The fraction of sp³-hybridized carbons (Fsp3) is 0.222. The van der Waals surface area contributed by atoms with E-state index in [1.165, 1.54) is 0 Å². The van der Waals surface area contributed by atoms with Gasteiger partial charge in [0.1, 0.15) is 11.5 Å². The molecule has 0 saturated heterocycles. The fourth-order valence-electron chi connectivity index (χ4n) is 4.79. The van der Waals surface area contributed by atoms with E-state index in [9.17, 15) is 9.90 Å². The number of hydrogen-bond acceptors (Lipinski definition) is 6. The van der Waals surface area contributed by atoms with Crippen molar-refractivity contribution in [1.82, 2.24) is 0 Å². The van der Waals surface area contributed by atoms with Crippen LogP contribution in [0.15, 0.2) is 48.5 Å². The van der Waals surface area contributed by atoms with Crippen LogP contribution >= 0.6 is 0 Å². The SMILES string of the molecule is COc1cc2c(cc(C(N)=O)c3ccc(O)cc32)c(CCc2cccc3c2COCO3)c1OC. The van der Waals surface area contributed by atoms with Crippen molar-refractivity contribution in [3.63, 3.8) is 0 Å². The molecule has 0 spiro atoms. The first kappa shape index (κ1) is 21.9. The molecule has 5 rings (SSSR count). The van der Waals surface area contributed by atoms with Crippen molar-refractivity contribution in [3.05, 3.63) is 70.8 Å². The number of benzene rings is 4. The number of fused-ring (bicyclic) bond motifs is 4. The van der Waals surface area contributed by atoms with Crippen LogP contribution in [0.25, 0.3) is 21.5 Å². The summed E-state index contributed by atoms with van der Waals surface area (Å²) in [6.45, 7) is 0.748. The number of carbonyl (C=O) groups is 1. The average molecular weight is 459 g/mol. The molecule has 34 heavy (non-hydrogen) atoms. The highest BCUT2D eigenvalue weighted by atomic mass is 16.7.